The Balaban J connectivity index is 2.20. The lowest BCUT2D eigenvalue weighted by Crippen LogP contribution is -2.35. The molecule has 2 rings (SSSR count). The Kier molecular flexibility index (Phi) is 5.13. The van der Waals surface area contributed by atoms with Crippen LogP contribution in [0.25, 0.3) is 0 Å². The number of hydrogen-bond acceptors (Lipinski definition) is 8. The zero-order valence-electron chi connectivity index (χ0n) is 11.9. The minimum atomic E-state index is -1.17. The molecule has 2 aliphatic rings. The average molecular weight is 312 g/mol. The molecule has 0 aliphatic carbocycles. The number of esters is 4. The van der Waals surface area contributed by atoms with E-state index in [0.717, 1.165) is 0 Å². The molecule has 120 valence electrons. The number of hydrogen-bond donors (Lipinski definition) is 0. The maximum atomic E-state index is 12.1. The molecule has 0 N–H and O–H groups in total. The molecule has 2 heterocycles. The zero-order valence-corrected chi connectivity index (χ0v) is 11.9. The molecule has 2 unspecified atom stereocenters. The van der Waals surface area contributed by atoms with E-state index in [-0.39, 0.29) is 19.6 Å². The van der Waals surface area contributed by atoms with Crippen molar-refractivity contribution in [1.82, 2.24) is 0 Å². The van der Waals surface area contributed by atoms with Crippen molar-refractivity contribution in [1.29, 1.82) is 0 Å². The molecule has 0 saturated carbocycles. The quantitative estimate of drug-likeness (QED) is 0.507. The van der Waals surface area contributed by atoms with Gasteiger partial charge in [-0.05, 0) is 19.4 Å². The Morgan fingerprint density at radius 1 is 0.773 bits per heavy atom. The minimum absolute atomic E-state index is 0.159. The van der Waals surface area contributed by atoms with Crippen molar-refractivity contribution < 1.29 is 38.1 Å². The summed E-state index contributed by atoms with van der Waals surface area (Å²) in [7, 11) is 0. The third-order valence-corrected chi connectivity index (χ3v) is 3.35. The molecule has 0 spiro atoms. The van der Waals surface area contributed by atoms with Gasteiger partial charge in [-0.25, -0.2) is 0 Å². The van der Waals surface area contributed by atoms with Crippen LogP contribution in [-0.4, -0.2) is 37.1 Å². The lowest BCUT2D eigenvalue weighted by molar-refractivity contribution is -0.164. The van der Waals surface area contributed by atoms with Crippen molar-refractivity contribution in [3.8, 4) is 0 Å². The van der Waals surface area contributed by atoms with E-state index in [9.17, 15) is 19.2 Å². The maximum Gasteiger partial charge on any atom is 0.318 e. The first kappa shape index (κ1) is 16.0. The average Bonchev–Trinajstić information content (AvgIpc) is 2.57. The molecule has 0 aromatic carbocycles. The molecule has 0 bridgehead atoms. The summed E-state index contributed by atoms with van der Waals surface area (Å²) in [6.45, 7) is 3.63. The van der Waals surface area contributed by atoms with Gasteiger partial charge >= 0.3 is 23.9 Å². The first-order valence-electron chi connectivity index (χ1n) is 6.91. The summed E-state index contributed by atoms with van der Waals surface area (Å²) in [6, 6.07) is 0. The van der Waals surface area contributed by atoms with Crippen molar-refractivity contribution in [2.75, 3.05) is 13.2 Å². The van der Waals surface area contributed by atoms with E-state index in [1.54, 1.807) is 0 Å². The molecule has 2 fully saturated rings. The Labute approximate surface area is 126 Å². The number of ether oxygens (including phenoxy) is 4. The monoisotopic (exact) mass is 312 g/mol. The lowest BCUT2D eigenvalue weighted by atomic mass is 9.87. The first-order chi connectivity index (χ1) is 10.5. The molecule has 0 radical (unpaired) electrons. The molecule has 0 amide bonds. The van der Waals surface area contributed by atoms with Crippen LogP contribution in [-0.2, 0) is 38.1 Å². The molecular formula is C14H16O8. The predicted octanol–water partition coefficient (Wildman–Crippen LogP) is 0.450. The third kappa shape index (κ3) is 4.06. The standard InChI is InChI=1S/C14H16O8/c1-8-21-12(16)7-10(14(18)22-8)9-6-11(15)19-4-2-3-5-20-13(9)17/h9-10H,1-7H2. The molecule has 8 heteroatoms. The van der Waals surface area contributed by atoms with Gasteiger partial charge in [0.2, 0.25) is 0 Å². The van der Waals surface area contributed by atoms with Gasteiger partial charge in [0.15, 0.2) is 0 Å². The van der Waals surface area contributed by atoms with Crippen LogP contribution in [0.5, 0.6) is 0 Å². The molecule has 0 aromatic heterocycles. The minimum Gasteiger partial charge on any atom is -0.466 e. The van der Waals surface area contributed by atoms with Gasteiger partial charge in [0.1, 0.15) is 0 Å². The molecule has 8 nitrogen and oxygen atoms in total. The zero-order chi connectivity index (χ0) is 16.1. The third-order valence-electron chi connectivity index (χ3n) is 3.35. The Morgan fingerprint density at radius 2 is 1.36 bits per heavy atom. The van der Waals surface area contributed by atoms with Crippen LogP contribution in [0.15, 0.2) is 12.5 Å². The van der Waals surface area contributed by atoms with Crippen molar-refractivity contribution in [2.24, 2.45) is 11.8 Å². The van der Waals surface area contributed by atoms with Crippen LogP contribution in [0.3, 0.4) is 0 Å². The molecule has 2 aliphatic heterocycles. The molecule has 2 saturated heterocycles. The summed E-state index contributed by atoms with van der Waals surface area (Å²) in [5, 5.41) is 0. The second kappa shape index (κ2) is 7.06. The van der Waals surface area contributed by atoms with Gasteiger partial charge in [0.05, 0.1) is 37.9 Å². The van der Waals surface area contributed by atoms with Crippen molar-refractivity contribution in [2.45, 2.75) is 25.7 Å². The van der Waals surface area contributed by atoms with E-state index in [1.807, 2.05) is 0 Å². The van der Waals surface area contributed by atoms with Crippen LogP contribution >= 0.6 is 0 Å². The second-order valence-electron chi connectivity index (χ2n) is 4.98. The highest BCUT2D eigenvalue weighted by atomic mass is 16.7. The van der Waals surface area contributed by atoms with Gasteiger partial charge < -0.3 is 18.9 Å². The van der Waals surface area contributed by atoms with E-state index in [0.29, 0.717) is 12.8 Å². The summed E-state index contributed by atoms with van der Waals surface area (Å²) < 4.78 is 19.4. The molecule has 2 atom stereocenters. The fraction of sp³-hybridized carbons (Fsp3) is 0.571. The largest absolute Gasteiger partial charge is 0.466 e. The second-order valence-corrected chi connectivity index (χ2v) is 4.98. The van der Waals surface area contributed by atoms with Crippen LogP contribution in [0.4, 0.5) is 0 Å². The summed E-state index contributed by atoms with van der Waals surface area (Å²) in [5.74, 6) is -5.77. The number of rotatable bonds is 1. The highest BCUT2D eigenvalue weighted by molar-refractivity contribution is 5.89. The number of carbonyl (C=O) groups excluding carboxylic acids is 4. The lowest BCUT2D eigenvalue weighted by Gasteiger charge is -2.22. The van der Waals surface area contributed by atoms with Crippen LogP contribution in [0, 0.1) is 11.8 Å². The van der Waals surface area contributed by atoms with Crippen molar-refractivity contribution >= 4 is 23.9 Å². The Morgan fingerprint density at radius 3 is 2.09 bits per heavy atom. The molecule has 0 aromatic rings. The fourth-order valence-corrected chi connectivity index (χ4v) is 2.25. The first-order valence-corrected chi connectivity index (χ1v) is 6.91. The fourth-order valence-electron chi connectivity index (χ4n) is 2.25. The topological polar surface area (TPSA) is 105 Å². The highest BCUT2D eigenvalue weighted by Gasteiger charge is 2.42. The smallest absolute Gasteiger partial charge is 0.318 e. The Hall–Kier alpha value is -2.38. The Bertz CT molecular complexity index is 509. The molecule has 22 heavy (non-hydrogen) atoms. The van der Waals surface area contributed by atoms with Crippen LogP contribution in [0.1, 0.15) is 25.7 Å². The van der Waals surface area contributed by atoms with Gasteiger partial charge in [-0.1, -0.05) is 0 Å². The SMILES string of the molecule is C=C1OC(=O)CC(C2CC(=O)OCCCCOC2=O)C(=O)O1. The van der Waals surface area contributed by atoms with Gasteiger partial charge in [-0.15, -0.1) is 0 Å². The van der Waals surface area contributed by atoms with E-state index in [4.69, 9.17) is 14.2 Å². The van der Waals surface area contributed by atoms with Crippen LogP contribution < -0.4 is 0 Å². The summed E-state index contributed by atoms with van der Waals surface area (Å²) in [5.41, 5.74) is 0. The van der Waals surface area contributed by atoms with Gasteiger partial charge in [-0.2, -0.15) is 0 Å². The summed E-state index contributed by atoms with van der Waals surface area (Å²) >= 11 is 0. The van der Waals surface area contributed by atoms with E-state index >= 15 is 0 Å². The summed E-state index contributed by atoms with van der Waals surface area (Å²) in [4.78, 5) is 47.4. The highest BCUT2D eigenvalue weighted by Crippen LogP contribution is 2.28. The normalized spacial score (nSPS) is 27.9. The maximum absolute atomic E-state index is 12.1. The van der Waals surface area contributed by atoms with E-state index in [1.165, 1.54) is 0 Å². The summed E-state index contributed by atoms with van der Waals surface area (Å²) in [6.07, 6.45) is 0.365. The number of carbonyl (C=O) groups is 4. The number of cyclic esters (lactones) is 4. The van der Waals surface area contributed by atoms with Crippen molar-refractivity contribution in [3.63, 3.8) is 0 Å². The van der Waals surface area contributed by atoms with Gasteiger partial charge in [0, 0.05) is 0 Å². The molecular weight excluding hydrogens is 296 g/mol. The van der Waals surface area contributed by atoms with E-state index < -0.39 is 48.1 Å². The van der Waals surface area contributed by atoms with Crippen molar-refractivity contribution in [3.05, 3.63) is 12.5 Å². The van der Waals surface area contributed by atoms with Gasteiger partial charge in [0.25, 0.3) is 5.95 Å². The van der Waals surface area contributed by atoms with E-state index in [2.05, 4.69) is 11.3 Å². The predicted molar refractivity (Wildman–Crippen MR) is 68.7 cm³/mol. The van der Waals surface area contributed by atoms with Gasteiger partial charge in [-0.3, -0.25) is 19.2 Å². The van der Waals surface area contributed by atoms with Crippen LogP contribution in [0.2, 0.25) is 0 Å².